The number of nitrogens with two attached hydrogens (primary N) is 2. The van der Waals surface area contributed by atoms with Crippen LogP contribution in [0.3, 0.4) is 0 Å². The number of fused-ring (bicyclic) bond motifs is 1. The van der Waals surface area contributed by atoms with Gasteiger partial charge in [-0.1, -0.05) is 24.3 Å². The van der Waals surface area contributed by atoms with Crippen molar-refractivity contribution in [3.63, 3.8) is 0 Å². The number of aliphatic imine (C=N–C) groups is 1. The van der Waals surface area contributed by atoms with Crippen LogP contribution in [0.5, 0.6) is 0 Å². The third-order valence-corrected chi connectivity index (χ3v) is 5.74. The van der Waals surface area contributed by atoms with E-state index in [0.717, 1.165) is 23.1 Å². The molecule has 1 saturated heterocycles. The van der Waals surface area contributed by atoms with Crippen LogP contribution in [-0.2, 0) is 9.59 Å². The van der Waals surface area contributed by atoms with Gasteiger partial charge in [0, 0.05) is 18.7 Å². The van der Waals surface area contributed by atoms with Gasteiger partial charge in [-0.3, -0.25) is 14.6 Å². The lowest BCUT2D eigenvalue weighted by molar-refractivity contribution is -0.136. The first-order valence-electron chi connectivity index (χ1n) is 9.72. The van der Waals surface area contributed by atoms with Crippen molar-refractivity contribution in [1.29, 1.82) is 0 Å². The monoisotopic (exact) mass is 394 g/mol. The minimum absolute atomic E-state index is 0.0630. The van der Waals surface area contributed by atoms with E-state index < -0.39 is 5.92 Å². The lowest BCUT2D eigenvalue weighted by Gasteiger charge is -2.35. The Balaban J connectivity index is 1.64. The Morgan fingerprint density at radius 2 is 1.93 bits per heavy atom. The van der Waals surface area contributed by atoms with Gasteiger partial charge in [0.05, 0.1) is 18.4 Å². The van der Waals surface area contributed by atoms with Crippen LogP contribution in [0.2, 0.25) is 0 Å². The van der Waals surface area contributed by atoms with Gasteiger partial charge < -0.3 is 16.4 Å². The van der Waals surface area contributed by atoms with Crippen molar-refractivity contribution in [3.8, 4) is 11.1 Å². The lowest BCUT2D eigenvalue weighted by atomic mass is 9.87. The number of amidine groups is 1. The Hall–Kier alpha value is -3.22. The van der Waals surface area contributed by atoms with Crippen LogP contribution in [0, 0.1) is 11.7 Å². The van der Waals surface area contributed by atoms with E-state index in [-0.39, 0.29) is 30.1 Å². The number of likely N-dealkylation sites (tertiary alicyclic amines) is 1. The average Bonchev–Trinajstić information content (AvgIpc) is 2.73. The standard InChI is InChI=1S/C22H23FN4O2/c23-16-5-1-3-13(9-16)14-6-7-17-18(10-14)20(24)26-11-19(17)22(29)27-8-2-4-15(12-27)21(25)28/h1,3,5-7,9-10,15,19H,2,4,8,11-12H2,(H2,24,26)(H2,25,28). The van der Waals surface area contributed by atoms with E-state index >= 15 is 0 Å². The smallest absolute Gasteiger partial charge is 0.232 e. The molecule has 4 rings (SSSR count). The predicted molar refractivity (Wildman–Crippen MR) is 109 cm³/mol. The average molecular weight is 394 g/mol. The number of halogens is 1. The number of primary amides is 1. The predicted octanol–water partition coefficient (Wildman–Crippen LogP) is 2.02. The number of hydrogen-bond donors (Lipinski definition) is 2. The molecule has 2 amide bonds. The number of amides is 2. The molecular weight excluding hydrogens is 371 g/mol. The molecule has 0 aromatic heterocycles. The highest BCUT2D eigenvalue weighted by Gasteiger charge is 2.34. The zero-order chi connectivity index (χ0) is 20.5. The van der Waals surface area contributed by atoms with Crippen LogP contribution >= 0.6 is 0 Å². The van der Waals surface area contributed by atoms with Crippen LogP contribution in [0.25, 0.3) is 11.1 Å². The highest BCUT2D eigenvalue weighted by Crippen LogP contribution is 2.32. The summed E-state index contributed by atoms with van der Waals surface area (Å²) in [5, 5.41) is 0. The Labute approximate surface area is 168 Å². The molecule has 6 nitrogen and oxygen atoms in total. The summed E-state index contributed by atoms with van der Waals surface area (Å²) in [6, 6.07) is 11.9. The Kier molecular flexibility index (Phi) is 5.05. The molecule has 2 aliphatic heterocycles. The number of piperidine rings is 1. The molecule has 2 aromatic carbocycles. The summed E-state index contributed by atoms with van der Waals surface area (Å²) >= 11 is 0. The topological polar surface area (TPSA) is 102 Å². The second-order valence-corrected chi connectivity index (χ2v) is 7.62. The van der Waals surface area contributed by atoms with Gasteiger partial charge in [-0.25, -0.2) is 4.39 Å². The largest absolute Gasteiger partial charge is 0.383 e. The molecule has 2 aliphatic rings. The van der Waals surface area contributed by atoms with Crippen LogP contribution in [0.15, 0.2) is 47.5 Å². The van der Waals surface area contributed by atoms with Gasteiger partial charge in [0.25, 0.3) is 0 Å². The molecule has 2 atom stereocenters. The third-order valence-electron chi connectivity index (χ3n) is 5.74. The van der Waals surface area contributed by atoms with E-state index in [2.05, 4.69) is 4.99 Å². The van der Waals surface area contributed by atoms with E-state index in [1.54, 1.807) is 11.0 Å². The van der Waals surface area contributed by atoms with Crippen LogP contribution in [0.4, 0.5) is 4.39 Å². The van der Waals surface area contributed by atoms with Crippen molar-refractivity contribution >= 4 is 17.6 Å². The zero-order valence-electron chi connectivity index (χ0n) is 16.0. The van der Waals surface area contributed by atoms with Gasteiger partial charge in [0.15, 0.2) is 0 Å². The Bertz CT molecular complexity index is 1000. The van der Waals surface area contributed by atoms with Gasteiger partial charge in [-0.15, -0.1) is 0 Å². The molecule has 0 aliphatic carbocycles. The van der Waals surface area contributed by atoms with Gasteiger partial charge in [-0.2, -0.15) is 0 Å². The molecule has 0 bridgehead atoms. The second kappa shape index (κ2) is 7.66. The third kappa shape index (κ3) is 3.72. The maximum Gasteiger partial charge on any atom is 0.232 e. The maximum absolute atomic E-state index is 13.6. The quantitative estimate of drug-likeness (QED) is 0.833. The van der Waals surface area contributed by atoms with Crippen molar-refractivity contribution in [2.45, 2.75) is 18.8 Å². The molecule has 4 N–H and O–H groups in total. The van der Waals surface area contributed by atoms with Crippen LogP contribution < -0.4 is 11.5 Å². The highest BCUT2D eigenvalue weighted by molar-refractivity contribution is 6.03. The van der Waals surface area contributed by atoms with Crippen molar-refractivity contribution < 1.29 is 14.0 Å². The number of rotatable bonds is 3. The molecule has 150 valence electrons. The minimum atomic E-state index is -0.453. The summed E-state index contributed by atoms with van der Waals surface area (Å²) in [5.74, 6) is -1.13. The first-order valence-corrected chi connectivity index (χ1v) is 9.72. The summed E-state index contributed by atoms with van der Waals surface area (Å²) in [5.41, 5.74) is 14.6. The fraction of sp³-hybridized carbons (Fsp3) is 0.318. The summed E-state index contributed by atoms with van der Waals surface area (Å²) < 4.78 is 13.6. The number of hydrogen-bond acceptors (Lipinski definition) is 4. The SMILES string of the molecule is NC(=O)C1CCCN(C(=O)C2CN=C(N)c3cc(-c4cccc(F)c4)ccc32)C1. The zero-order valence-corrected chi connectivity index (χ0v) is 16.0. The first-order chi connectivity index (χ1) is 13.9. The van der Waals surface area contributed by atoms with E-state index in [0.29, 0.717) is 30.9 Å². The number of benzene rings is 2. The molecule has 1 fully saturated rings. The van der Waals surface area contributed by atoms with Crippen LogP contribution in [-0.4, -0.2) is 42.2 Å². The molecule has 0 radical (unpaired) electrons. The molecule has 7 heteroatoms. The van der Waals surface area contributed by atoms with E-state index in [1.165, 1.54) is 12.1 Å². The number of carbonyl (C=O) groups excluding carboxylic acids is 2. The molecular formula is C22H23FN4O2. The second-order valence-electron chi connectivity index (χ2n) is 7.62. The van der Waals surface area contributed by atoms with Crippen molar-refractivity contribution in [2.75, 3.05) is 19.6 Å². The summed E-state index contributed by atoms with van der Waals surface area (Å²) in [4.78, 5) is 30.8. The number of nitrogens with zero attached hydrogens (tertiary/aromatic N) is 2. The van der Waals surface area contributed by atoms with Gasteiger partial charge in [-0.05, 0) is 47.7 Å². The first kappa shape index (κ1) is 19.1. The van der Waals surface area contributed by atoms with E-state index in [4.69, 9.17) is 11.5 Å². The number of carbonyl (C=O) groups is 2. The maximum atomic E-state index is 13.6. The molecule has 2 unspecified atom stereocenters. The minimum Gasteiger partial charge on any atom is -0.383 e. The van der Waals surface area contributed by atoms with E-state index in [1.807, 2.05) is 24.3 Å². The highest BCUT2D eigenvalue weighted by atomic mass is 19.1. The van der Waals surface area contributed by atoms with Crippen LogP contribution in [0.1, 0.15) is 29.9 Å². The molecule has 0 saturated carbocycles. The summed E-state index contributed by atoms with van der Waals surface area (Å²) in [6.45, 7) is 1.23. The lowest BCUT2D eigenvalue weighted by Crippen LogP contribution is -2.47. The van der Waals surface area contributed by atoms with Gasteiger partial charge >= 0.3 is 0 Å². The van der Waals surface area contributed by atoms with E-state index in [9.17, 15) is 14.0 Å². The summed E-state index contributed by atoms with van der Waals surface area (Å²) in [7, 11) is 0. The molecule has 2 aromatic rings. The van der Waals surface area contributed by atoms with Crippen molar-refractivity contribution in [1.82, 2.24) is 4.90 Å². The van der Waals surface area contributed by atoms with Crippen molar-refractivity contribution in [2.24, 2.45) is 22.4 Å². The molecule has 0 spiro atoms. The molecule has 2 heterocycles. The fourth-order valence-corrected chi connectivity index (χ4v) is 4.14. The van der Waals surface area contributed by atoms with Crippen molar-refractivity contribution in [3.05, 3.63) is 59.4 Å². The van der Waals surface area contributed by atoms with Gasteiger partial charge in [0.1, 0.15) is 11.7 Å². The fourth-order valence-electron chi connectivity index (χ4n) is 4.14. The normalized spacial score (nSPS) is 21.3. The Morgan fingerprint density at radius 1 is 1.14 bits per heavy atom. The van der Waals surface area contributed by atoms with Gasteiger partial charge in [0.2, 0.25) is 11.8 Å². The molecule has 29 heavy (non-hydrogen) atoms. The summed E-state index contributed by atoms with van der Waals surface area (Å²) in [6.07, 6.45) is 1.46. The Morgan fingerprint density at radius 3 is 2.69 bits per heavy atom.